The smallest absolute Gasteiger partial charge is 0.240 e. The predicted octanol–water partition coefficient (Wildman–Crippen LogP) is 2.18. The Morgan fingerprint density at radius 2 is 2.04 bits per heavy atom. The van der Waals surface area contributed by atoms with E-state index in [1.165, 1.54) is 18.2 Å². The highest BCUT2D eigenvalue weighted by Gasteiger charge is 2.54. The largest absolute Gasteiger partial charge is 0.325 e. The average molecular weight is 314 g/mol. The molecule has 1 aromatic carbocycles. The van der Waals surface area contributed by atoms with Crippen LogP contribution in [0.1, 0.15) is 37.4 Å². The number of amides is 2. The van der Waals surface area contributed by atoms with Crippen LogP contribution in [-0.4, -0.2) is 21.6 Å². The molecule has 2 N–H and O–H groups in total. The lowest BCUT2D eigenvalue weighted by Gasteiger charge is -2.31. The molecule has 0 aliphatic carbocycles. The van der Waals surface area contributed by atoms with E-state index in [2.05, 4.69) is 15.7 Å². The van der Waals surface area contributed by atoms with E-state index in [-0.39, 0.29) is 24.3 Å². The third-order valence-electron chi connectivity index (χ3n) is 4.51. The molecule has 0 radical (unpaired) electrons. The summed E-state index contributed by atoms with van der Waals surface area (Å²) < 4.78 is 15.4. The number of nitrogens with one attached hydrogen (secondary N) is 2. The maximum absolute atomic E-state index is 13.8. The quantitative estimate of drug-likeness (QED) is 0.847. The maximum atomic E-state index is 13.8. The number of nitrogens with zero attached hydrogens (tertiary/aromatic N) is 2. The number of halogens is 1. The van der Waals surface area contributed by atoms with Gasteiger partial charge in [0, 0.05) is 23.7 Å². The Morgan fingerprint density at radius 1 is 1.26 bits per heavy atom. The first kappa shape index (κ1) is 13.9. The van der Waals surface area contributed by atoms with Crippen molar-refractivity contribution in [3.8, 4) is 0 Å². The lowest BCUT2D eigenvalue weighted by Crippen LogP contribution is -2.43. The molecule has 0 saturated heterocycles. The fourth-order valence-corrected chi connectivity index (χ4v) is 3.48. The van der Waals surface area contributed by atoms with Crippen LogP contribution in [0.15, 0.2) is 24.4 Å². The molecule has 1 atom stereocenters. The Bertz CT molecular complexity index is 858. The summed E-state index contributed by atoms with van der Waals surface area (Å²) in [6.07, 6.45) is 1.53. The normalized spacial score (nSPS) is 22.1. The zero-order valence-corrected chi connectivity index (χ0v) is 12.7. The summed E-state index contributed by atoms with van der Waals surface area (Å²) in [6, 6.07) is 4.16. The Kier molecular flexibility index (Phi) is 2.67. The minimum absolute atomic E-state index is 0.0191. The Balaban J connectivity index is 2.02. The first-order chi connectivity index (χ1) is 10.9. The summed E-state index contributed by atoms with van der Waals surface area (Å²) in [5.74, 6) is -0.545. The number of aromatic nitrogens is 2. The van der Waals surface area contributed by atoms with Crippen LogP contribution in [0, 0.1) is 5.82 Å². The van der Waals surface area contributed by atoms with E-state index < -0.39 is 11.2 Å². The highest BCUT2D eigenvalue weighted by atomic mass is 19.1. The summed E-state index contributed by atoms with van der Waals surface area (Å²) in [6.45, 7) is 3.87. The predicted molar refractivity (Wildman–Crippen MR) is 81.7 cm³/mol. The number of carbonyl (C=O) groups excluding carboxylic acids is 2. The number of fused-ring (bicyclic) bond motifs is 4. The minimum Gasteiger partial charge on any atom is -0.325 e. The molecule has 3 heterocycles. The fraction of sp³-hybridized carbons (Fsp3) is 0.312. The van der Waals surface area contributed by atoms with Crippen molar-refractivity contribution >= 4 is 23.3 Å². The average Bonchev–Trinajstić information content (AvgIpc) is 3.01. The second-order valence-corrected chi connectivity index (χ2v) is 6.22. The highest BCUT2D eigenvalue weighted by Crippen LogP contribution is 2.50. The summed E-state index contributed by atoms with van der Waals surface area (Å²) in [5, 5.41) is 9.87. The molecule has 2 aliphatic heterocycles. The number of carbonyl (C=O) groups is 2. The minimum atomic E-state index is -1.22. The van der Waals surface area contributed by atoms with Crippen molar-refractivity contribution in [2.24, 2.45) is 0 Å². The van der Waals surface area contributed by atoms with E-state index in [4.69, 9.17) is 0 Å². The van der Waals surface area contributed by atoms with Gasteiger partial charge >= 0.3 is 0 Å². The maximum Gasteiger partial charge on any atom is 0.240 e. The lowest BCUT2D eigenvalue weighted by molar-refractivity contribution is -0.125. The van der Waals surface area contributed by atoms with E-state index >= 15 is 0 Å². The molecule has 0 saturated carbocycles. The van der Waals surface area contributed by atoms with Gasteiger partial charge in [0.05, 0.1) is 6.20 Å². The van der Waals surface area contributed by atoms with E-state index in [1.54, 1.807) is 10.9 Å². The molecule has 7 heteroatoms. The highest BCUT2D eigenvalue weighted by molar-refractivity contribution is 6.14. The molecule has 2 aromatic rings. The van der Waals surface area contributed by atoms with Gasteiger partial charge in [-0.2, -0.15) is 5.10 Å². The van der Waals surface area contributed by atoms with Gasteiger partial charge < -0.3 is 10.6 Å². The second kappa shape index (κ2) is 4.41. The summed E-state index contributed by atoms with van der Waals surface area (Å²) in [5.41, 5.74) is 0.409. The second-order valence-electron chi connectivity index (χ2n) is 6.22. The number of hydrogen-bond donors (Lipinski definition) is 2. The number of anilines is 2. The van der Waals surface area contributed by atoms with Gasteiger partial charge in [0.2, 0.25) is 11.8 Å². The van der Waals surface area contributed by atoms with Crippen LogP contribution in [0.2, 0.25) is 0 Å². The van der Waals surface area contributed by atoms with Crippen molar-refractivity contribution in [2.45, 2.75) is 31.7 Å². The van der Waals surface area contributed by atoms with Crippen molar-refractivity contribution < 1.29 is 14.0 Å². The number of hydrogen-bond acceptors (Lipinski definition) is 3. The summed E-state index contributed by atoms with van der Waals surface area (Å²) in [7, 11) is 0. The molecule has 0 unspecified atom stereocenters. The standard InChI is InChI=1S/C16H15FN4O2/c1-8(2)21-14-11(7-18-21)16(6-13(22)20-14)10-5-9(17)3-4-12(10)19-15(16)23/h3-5,7-8H,6H2,1-2H3,(H,19,23)(H,20,22)/t16-/m1/s1. The number of rotatable bonds is 1. The van der Waals surface area contributed by atoms with Gasteiger partial charge in [0.1, 0.15) is 17.1 Å². The van der Waals surface area contributed by atoms with E-state index in [0.717, 1.165) is 0 Å². The molecule has 6 nitrogen and oxygen atoms in total. The third-order valence-corrected chi connectivity index (χ3v) is 4.51. The Morgan fingerprint density at radius 3 is 2.78 bits per heavy atom. The van der Waals surface area contributed by atoms with Crippen molar-refractivity contribution in [1.29, 1.82) is 0 Å². The van der Waals surface area contributed by atoms with Crippen LogP contribution in [-0.2, 0) is 15.0 Å². The van der Waals surface area contributed by atoms with Crippen LogP contribution in [0.5, 0.6) is 0 Å². The zero-order chi connectivity index (χ0) is 16.4. The topological polar surface area (TPSA) is 76.0 Å². The van der Waals surface area contributed by atoms with Gasteiger partial charge in [-0.3, -0.25) is 9.59 Å². The van der Waals surface area contributed by atoms with Gasteiger partial charge in [-0.1, -0.05) is 0 Å². The van der Waals surface area contributed by atoms with E-state index in [0.29, 0.717) is 22.6 Å². The summed E-state index contributed by atoms with van der Waals surface area (Å²) in [4.78, 5) is 25.0. The molecular formula is C16H15FN4O2. The Labute approximate surface area is 131 Å². The third kappa shape index (κ3) is 1.70. The zero-order valence-electron chi connectivity index (χ0n) is 12.7. The molecule has 0 fully saturated rings. The molecule has 2 aliphatic rings. The van der Waals surface area contributed by atoms with Crippen LogP contribution >= 0.6 is 0 Å². The molecule has 1 spiro atoms. The van der Waals surface area contributed by atoms with Crippen LogP contribution in [0.4, 0.5) is 15.9 Å². The SMILES string of the molecule is CC(C)n1ncc2c1NC(=O)C[C@]21C(=O)Nc2ccc(F)cc21. The monoisotopic (exact) mass is 314 g/mol. The van der Waals surface area contributed by atoms with Crippen molar-refractivity contribution in [3.05, 3.63) is 41.3 Å². The lowest BCUT2D eigenvalue weighted by atomic mass is 9.72. The Hall–Kier alpha value is -2.70. The van der Waals surface area contributed by atoms with Crippen molar-refractivity contribution in [2.75, 3.05) is 10.6 Å². The van der Waals surface area contributed by atoms with Crippen LogP contribution in [0.25, 0.3) is 0 Å². The van der Waals surface area contributed by atoms with Gasteiger partial charge in [0.25, 0.3) is 0 Å². The molecular weight excluding hydrogens is 299 g/mol. The molecule has 2 amide bonds. The number of benzene rings is 1. The molecule has 0 bridgehead atoms. The van der Waals surface area contributed by atoms with E-state index in [9.17, 15) is 14.0 Å². The van der Waals surface area contributed by atoms with Crippen molar-refractivity contribution in [1.82, 2.24) is 9.78 Å². The van der Waals surface area contributed by atoms with Gasteiger partial charge in [-0.05, 0) is 37.6 Å². The van der Waals surface area contributed by atoms with E-state index in [1.807, 2.05) is 13.8 Å². The van der Waals surface area contributed by atoms with Crippen LogP contribution < -0.4 is 10.6 Å². The fourth-order valence-electron chi connectivity index (χ4n) is 3.48. The molecule has 23 heavy (non-hydrogen) atoms. The molecule has 1 aromatic heterocycles. The van der Waals surface area contributed by atoms with Gasteiger partial charge in [-0.25, -0.2) is 9.07 Å². The van der Waals surface area contributed by atoms with Gasteiger partial charge in [-0.15, -0.1) is 0 Å². The molecule has 4 rings (SSSR count). The molecule has 118 valence electrons. The van der Waals surface area contributed by atoms with Crippen LogP contribution in [0.3, 0.4) is 0 Å². The first-order valence-corrected chi connectivity index (χ1v) is 7.43. The van der Waals surface area contributed by atoms with Crippen molar-refractivity contribution in [3.63, 3.8) is 0 Å². The summed E-state index contributed by atoms with van der Waals surface area (Å²) >= 11 is 0. The first-order valence-electron chi connectivity index (χ1n) is 7.43. The van der Waals surface area contributed by atoms with Gasteiger partial charge in [0.15, 0.2) is 0 Å².